The van der Waals surface area contributed by atoms with E-state index in [0.717, 1.165) is 16.6 Å². The van der Waals surface area contributed by atoms with Crippen LogP contribution in [0.5, 0.6) is 5.75 Å². The number of rotatable bonds is 4. The summed E-state index contributed by atoms with van der Waals surface area (Å²) in [7, 11) is 1.62. The minimum Gasteiger partial charge on any atom is -0.496 e. The lowest BCUT2D eigenvalue weighted by atomic mass is 10.2. The molecule has 0 N–H and O–H groups in total. The largest absolute Gasteiger partial charge is 0.496 e. The van der Waals surface area contributed by atoms with Crippen LogP contribution in [0.2, 0.25) is 0 Å². The molecule has 4 rings (SSSR count). The van der Waals surface area contributed by atoms with Crippen molar-refractivity contribution in [1.29, 1.82) is 0 Å². The third-order valence-electron chi connectivity index (χ3n) is 3.64. The Morgan fingerprint density at radius 2 is 1.87 bits per heavy atom. The van der Waals surface area contributed by atoms with Crippen LogP contribution in [0.25, 0.3) is 22.5 Å². The Hall–Kier alpha value is -3.15. The van der Waals surface area contributed by atoms with Crippen molar-refractivity contribution >= 4 is 11.0 Å². The molecule has 6 nitrogen and oxygen atoms in total. The first-order chi connectivity index (χ1) is 11.3. The summed E-state index contributed by atoms with van der Waals surface area (Å²) >= 11 is 0. The van der Waals surface area contributed by atoms with Gasteiger partial charge in [0.2, 0.25) is 5.89 Å². The number of hydrogen-bond acceptors (Lipinski definition) is 5. The van der Waals surface area contributed by atoms with Gasteiger partial charge in [-0.2, -0.15) is 0 Å². The van der Waals surface area contributed by atoms with Crippen molar-refractivity contribution in [3.8, 4) is 17.2 Å². The van der Waals surface area contributed by atoms with Crippen molar-refractivity contribution in [1.82, 2.24) is 19.7 Å². The summed E-state index contributed by atoms with van der Waals surface area (Å²) in [5.74, 6) is 1.67. The molecule has 0 atom stereocenters. The topological polar surface area (TPSA) is 66.0 Å². The van der Waals surface area contributed by atoms with Gasteiger partial charge in [-0.3, -0.25) is 0 Å². The SMILES string of the molecule is COc1ccccc1-c1nnc(Cn2cnc3ccccc32)o1. The van der Waals surface area contributed by atoms with E-state index in [2.05, 4.69) is 15.2 Å². The molecule has 0 aliphatic carbocycles. The highest BCUT2D eigenvalue weighted by Gasteiger charge is 2.13. The van der Waals surface area contributed by atoms with Gasteiger partial charge in [0.1, 0.15) is 12.3 Å². The van der Waals surface area contributed by atoms with E-state index in [9.17, 15) is 0 Å². The summed E-state index contributed by atoms with van der Waals surface area (Å²) in [6.07, 6.45) is 1.78. The molecule has 0 radical (unpaired) electrons. The summed E-state index contributed by atoms with van der Waals surface area (Å²) in [6.45, 7) is 0.475. The number of hydrogen-bond donors (Lipinski definition) is 0. The van der Waals surface area contributed by atoms with Crippen LogP contribution in [0.15, 0.2) is 59.3 Å². The maximum atomic E-state index is 5.78. The summed E-state index contributed by atoms with van der Waals surface area (Å²) < 4.78 is 13.1. The zero-order valence-corrected chi connectivity index (χ0v) is 12.5. The van der Waals surface area contributed by atoms with Gasteiger partial charge < -0.3 is 13.7 Å². The fourth-order valence-corrected chi connectivity index (χ4v) is 2.53. The summed E-state index contributed by atoms with van der Waals surface area (Å²) in [5, 5.41) is 8.25. The molecule has 114 valence electrons. The summed E-state index contributed by atoms with van der Waals surface area (Å²) in [6, 6.07) is 15.5. The number of nitrogens with zero attached hydrogens (tertiary/aromatic N) is 4. The number of imidazole rings is 1. The second kappa shape index (κ2) is 5.57. The molecule has 0 bridgehead atoms. The molecule has 0 aliphatic rings. The molecule has 4 aromatic rings. The normalized spacial score (nSPS) is 11.0. The standard InChI is InChI=1S/C17H14N4O2/c1-22-15-9-5-2-6-12(15)17-20-19-16(23-17)10-21-11-18-13-7-3-4-8-14(13)21/h2-9,11H,10H2,1H3. The van der Waals surface area contributed by atoms with Crippen molar-refractivity contribution in [3.05, 3.63) is 60.7 Å². The number of ether oxygens (including phenoxy) is 1. The van der Waals surface area contributed by atoms with E-state index >= 15 is 0 Å². The third kappa shape index (κ3) is 2.44. The van der Waals surface area contributed by atoms with Crippen molar-refractivity contribution < 1.29 is 9.15 Å². The van der Waals surface area contributed by atoms with Crippen molar-refractivity contribution in [2.45, 2.75) is 6.54 Å². The molecule has 0 saturated heterocycles. The highest BCUT2D eigenvalue weighted by Crippen LogP contribution is 2.28. The van der Waals surface area contributed by atoms with Gasteiger partial charge in [0.25, 0.3) is 5.89 Å². The number of methoxy groups -OCH3 is 1. The van der Waals surface area contributed by atoms with Crippen molar-refractivity contribution in [2.24, 2.45) is 0 Å². The second-order valence-corrected chi connectivity index (χ2v) is 5.06. The van der Waals surface area contributed by atoms with Gasteiger partial charge >= 0.3 is 0 Å². The maximum absolute atomic E-state index is 5.78. The average molecular weight is 306 g/mol. The van der Waals surface area contributed by atoms with Crippen LogP contribution in [-0.2, 0) is 6.54 Å². The Kier molecular flexibility index (Phi) is 3.27. The monoisotopic (exact) mass is 306 g/mol. The van der Waals surface area contributed by atoms with Gasteiger partial charge in [0.15, 0.2) is 0 Å². The van der Waals surface area contributed by atoms with E-state index in [1.165, 1.54) is 0 Å². The number of aromatic nitrogens is 4. The molecule has 2 aromatic heterocycles. The Morgan fingerprint density at radius 3 is 2.78 bits per heavy atom. The zero-order valence-electron chi connectivity index (χ0n) is 12.5. The minimum absolute atomic E-state index is 0.446. The molecule has 6 heteroatoms. The molecular weight excluding hydrogens is 292 g/mol. The van der Waals surface area contributed by atoms with E-state index < -0.39 is 0 Å². The van der Waals surface area contributed by atoms with Gasteiger partial charge in [0, 0.05) is 0 Å². The molecule has 0 fully saturated rings. The van der Waals surface area contributed by atoms with Crippen LogP contribution in [0.4, 0.5) is 0 Å². The molecular formula is C17H14N4O2. The van der Waals surface area contributed by atoms with E-state index in [1.54, 1.807) is 13.4 Å². The van der Waals surface area contributed by atoms with Gasteiger partial charge in [-0.05, 0) is 24.3 Å². The minimum atomic E-state index is 0.446. The van der Waals surface area contributed by atoms with Gasteiger partial charge in [-0.15, -0.1) is 10.2 Å². The number of fused-ring (bicyclic) bond motifs is 1. The molecule has 0 saturated carbocycles. The van der Waals surface area contributed by atoms with Gasteiger partial charge in [-0.1, -0.05) is 24.3 Å². The van der Waals surface area contributed by atoms with Crippen LogP contribution in [-0.4, -0.2) is 26.9 Å². The van der Waals surface area contributed by atoms with E-state index in [-0.39, 0.29) is 0 Å². The van der Waals surface area contributed by atoms with Crippen molar-refractivity contribution in [3.63, 3.8) is 0 Å². The highest BCUT2D eigenvalue weighted by molar-refractivity contribution is 5.75. The highest BCUT2D eigenvalue weighted by atomic mass is 16.5. The Labute approximate surface area is 132 Å². The molecule has 2 aromatic carbocycles. The number of benzene rings is 2. The molecule has 2 heterocycles. The first-order valence-corrected chi connectivity index (χ1v) is 7.21. The first kappa shape index (κ1) is 13.5. The Balaban J connectivity index is 1.66. The van der Waals surface area contributed by atoms with Crippen LogP contribution in [0.1, 0.15) is 5.89 Å². The van der Waals surface area contributed by atoms with Crippen LogP contribution in [0.3, 0.4) is 0 Å². The lowest BCUT2D eigenvalue weighted by Crippen LogP contribution is -1.97. The Morgan fingerprint density at radius 1 is 1.04 bits per heavy atom. The van der Waals surface area contributed by atoms with E-state index in [1.807, 2.05) is 53.1 Å². The van der Waals surface area contributed by atoms with Crippen molar-refractivity contribution in [2.75, 3.05) is 7.11 Å². The Bertz CT molecular complexity index is 958. The molecule has 0 unspecified atom stereocenters. The molecule has 0 amide bonds. The summed E-state index contributed by atoms with van der Waals surface area (Å²) in [4.78, 5) is 4.36. The third-order valence-corrected chi connectivity index (χ3v) is 3.64. The predicted molar refractivity (Wildman–Crippen MR) is 85.1 cm³/mol. The molecule has 0 spiro atoms. The molecule has 0 aliphatic heterocycles. The number of para-hydroxylation sites is 3. The van der Waals surface area contributed by atoms with E-state index in [0.29, 0.717) is 24.1 Å². The van der Waals surface area contributed by atoms with Crippen LogP contribution < -0.4 is 4.74 Å². The smallest absolute Gasteiger partial charge is 0.251 e. The molecule has 23 heavy (non-hydrogen) atoms. The first-order valence-electron chi connectivity index (χ1n) is 7.21. The van der Waals surface area contributed by atoms with Gasteiger partial charge in [0.05, 0.1) is 30.0 Å². The predicted octanol–water partition coefficient (Wildman–Crippen LogP) is 3.14. The second-order valence-electron chi connectivity index (χ2n) is 5.06. The lowest BCUT2D eigenvalue weighted by molar-refractivity contribution is 0.413. The van der Waals surface area contributed by atoms with E-state index in [4.69, 9.17) is 9.15 Å². The van der Waals surface area contributed by atoms with Crippen LogP contribution >= 0.6 is 0 Å². The van der Waals surface area contributed by atoms with Gasteiger partial charge in [-0.25, -0.2) is 4.98 Å². The van der Waals surface area contributed by atoms with Crippen LogP contribution in [0, 0.1) is 0 Å². The summed E-state index contributed by atoms with van der Waals surface area (Å²) in [5.41, 5.74) is 2.76. The average Bonchev–Trinajstić information content (AvgIpc) is 3.23. The fourth-order valence-electron chi connectivity index (χ4n) is 2.53. The maximum Gasteiger partial charge on any atom is 0.251 e. The zero-order chi connectivity index (χ0) is 15.6. The quantitative estimate of drug-likeness (QED) is 0.579. The fraction of sp³-hybridized carbons (Fsp3) is 0.118. The lowest BCUT2D eigenvalue weighted by Gasteiger charge is -2.03.